The summed E-state index contributed by atoms with van der Waals surface area (Å²) in [6.45, 7) is 1.75. The van der Waals surface area contributed by atoms with Crippen molar-refractivity contribution >= 4 is 17.7 Å². The monoisotopic (exact) mass is 570 g/mol. The molecule has 2 atom stereocenters. The van der Waals surface area contributed by atoms with Crippen molar-refractivity contribution in [3.05, 3.63) is 64.5 Å². The lowest BCUT2D eigenvalue weighted by atomic mass is 9.59. The number of carbonyl (C=O) groups excluding carboxylic acids is 3. The van der Waals surface area contributed by atoms with Gasteiger partial charge in [0.2, 0.25) is 11.8 Å². The maximum Gasteiger partial charge on any atom is 0.416 e. The average Bonchev–Trinajstić information content (AvgIpc) is 3.26. The molecule has 218 valence electrons. The first-order valence-corrected chi connectivity index (χ1v) is 14.3. The first-order chi connectivity index (χ1) is 19.5. The third-order valence-electron chi connectivity index (χ3n) is 9.49. The van der Waals surface area contributed by atoms with Crippen LogP contribution >= 0.6 is 0 Å². The van der Waals surface area contributed by atoms with Crippen LogP contribution in [0, 0.1) is 5.41 Å². The van der Waals surface area contributed by atoms with Crippen molar-refractivity contribution < 1.29 is 32.7 Å². The van der Waals surface area contributed by atoms with Crippen molar-refractivity contribution in [3.8, 4) is 0 Å². The summed E-state index contributed by atoms with van der Waals surface area (Å²) in [6.07, 6.45) is 1.05. The van der Waals surface area contributed by atoms with Gasteiger partial charge in [0.05, 0.1) is 29.1 Å². The molecule has 41 heavy (non-hydrogen) atoms. The molecule has 11 heteroatoms. The van der Waals surface area contributed by atoms with E-state index in [1.54, 1.807) is 12.1 Å². The van der Waals surface area contributed by atoms with Gasteiger partial charge < -0.3 is 10.0 Å². The van der Waals surface area contributed by atoms with Gasteiger partial charge in [0.1, 0.15) is 11.6 Å². The second kappa shape index (κ2) is 10.2. The summed E-state index contributed by atoms with van der Waals surface area (Å²) < 4.78 is 39.1. The Morgan fingerprint density at radius 2 is 1.73 bits per heavy atom. The van der Waals surface area contributed by atoms with Crippen LogP contribution in [0.1, 0.15) is 84.2 Å². The predicted molar refractivity (Wildman–Crippen MR) is 141 cm³/mol. The molecule has 2 unspecified atom stereocenters. The van der Waals surface area contributed by atoms with Gasteiger partial charge in [-0.2, -0.15) is 13.2 Å². The largest absolute Gasteiger partial charge is 0.416 e. The van der Waals surface area contributed by atoms with E-state index in [0.29, 0.717) is 43.0 Å². The van der Waals surface area contributed by atoms with E-state index in [-0.39, 0.29) is 31.2 Å². The van der Waals surface area contributed by atoms with Crippen LogP contribution in [-0.4, -0.2) is 56.7 Å². The molecule has 4 heterocycles. The molecule has 1 aromatic heterocycles. The third kappa shape index (κ3) is 4.92. The Bertz CT molecular complexity index is 1370. The maximum atomic E-state index is 13.2. The highest BCUT2D eigenvalue weighted by molar-refractivity contribution is 6.05. The molecule has 6 rings (SSSR count). The molecular weight excluding hydrogens is 537 g/mol. The van der Waals surface area contributed by atoms with Crippen molar-refractivity contribution in [3.63, 3.8) is 0 Å². The zero-order chi connectivity index (χ0) is 29.0. The van der Waals surface area contributed by atoms with E-state index in [0.717, 1.165) is 49.8 Å². The third-order valence-corrected chi connectivity index (χ3v) is 9.49. The van der Waals surface area contributed by atoms with Crippen molar-refractivity contribution in [2.75, 3.05) is 13.1 Å². The van der Waals surface area contributed by atoms with E-state index in [9.17, 15) is 32.7 Å². The minimum Gasteiger partial charge on any atom is -0.383 e. The number of hydrogen-bond acceptors (Lipinski definition) is 6. The minimum absolute atomic E-state index is 0.136. The summed E-state index contributed by atoms with van der Waals surface area (Å²) in [6, 6.07) is 7.94. The highest BCUT2D eigenvalue weighted by Crippen LogP contribution is 2.54. The SMILES string of the molecule is O=C1CCC(N2Cc3nc(C4(O)CCN(Cc5ccc(C(F)(F)F)cc5)CC45CCCCC5)ccc3C2=O)C(=O)N1. The molecule has 1 saturated carbocycles. The first-order valence-electron chi connectivity index (χ1n) is 14.3. The zero-order valence-corrected chi connectivity index (χ0v) is 22.7. The van der Waals surface area contributed by atoms with E-state index in [1.165, 1.54) is 17.0 Å². The van der Waals surface area contributed by atoms with Gasteiger partial charge >= 0.3 is 6.18 Å². The number of pyridine rings is 1. The number of amides is 3. The van der Waals surface area contributed by atoms with Crippen molar-refractivity contribution in [1.29, 1.82) is 0 Å². The van der Waals surface area contributed by atoms with Crippen LogP contribution < -0.4 is 5.32 Å². The Balaban J connectivity index is 1.24. The molecule has 8 nitrogen and oxygen atoms in total. The number of piperidine rings is 2. The Hall–Kier alpha value is -3.31. The molecule has 3 amide bonds. The van der Waals surface area contributed by atoms with E-state index in [1.807, 2.05) is 0 Å². The highest BCUT2D eigenvalue weighted by atomic mass is 19.4. The summed E-state index contributed by atoms with van der Waals surface area (Å²) in [5.41, 5.74) is -0.159. The van der Waals surface area contributed by atoms with Crippen LogP contribution in [0.4, 0.5) is 13.2 Å². The first kappa shape index (κ1) is 27.8. The van der Waals surface area contributed by atoms with E-state index >= 15 is 0 Å². The summed E-state index contributed by atoms with van der Waals surface area (Å²) in [4.78, 5) is 45.7. The number of aliphatic hydroxyl groups is 1. The maximum absolute atomic E-state index is 13.2. The smallest absolute Gasteiger partial charge is 0.383 e. The normalized spacial score (nSPS) is 26.8. The molecule has 1 aromatic carbocycles. The van der Waals surface area contributed by atoms with Gasteiger partial charge in [-0.1, -0.05) is 31.4 Å². The Kier molecular flexibility index (Phi) is 6.93. The molecule has 0 radical (unpaired) electrons. The lowest BCUT2D eigenvalue weighted by Gasteiger charge is -2.55. The van der Waals surface area contributed by atoms with Crippen molar-refractivity contribution in [1.82, 2.24) is 20.1 Å². The lowest BCUT2D eigenvalue weighted by molar-refractivity contribution is -0.162. The second-order valence-electron chi connectivity index (χ2n) is 11.9. The fraction of sp³-hybridized carbons (Fsp3) is 0.533. The van der Waals surface area contributed by atoms with Crippen LogP contribution in [0.3, 0.4) is 0 Å². The number of fused-ring (bicyclic) bond motifs is 1. The van der Waals surface area contributed by atoms with Crippen LogP contribution in [0.25, 0.3) is 0 Å². The molecule has 2 N–H and O–H groups in total. The Morgan fingerprint density at radius 1 is 1.00 bits per heavy atom. The second-order valence-corrected chi connectivity index (χ2v) is 11.9. The Morgan fingerprint density at radius 3 is 2.41 bits per heavy atom. The number of rotatable bonds is 4. The summed E-state index contributed by atoms with van der Waals surface area (Å²) in [5, 5.41) is 14.7. The summed E-state index contributed by atoms with van der Waals surface area (Å²) in [5.74, 6) is -1.14. The van der Waals surface area contributed by atoms with Gasteiger partial charge in [-0.15, -0.1) is 0 Å². The molecule has 2 aromatic rings. The summed E-state index contributed by atoms with van der Waals surface area (Å²) in [7, 11) is 0. The zero-order valence-electron chi connectivity index (χ0n) is 22.7. The number of aromatic nitrogens is 1. The average molecular weight is 571 g/mol. The number of nitrogens with zero attached hydrogens (tertiary/aromatic N) is 3. The van der Waals surface area contributed by atoms with E-state index in [4.69, 9.17) is 4.98 Å². The summed E-state index contributed by atoms with van der Waals surface area (Å²) >= 11 is 0. The van der Waals surface area contributed by atoms with Gasteiger partial charge in [0, 0.05) is 31.5 Å². The molecule has 1 aliphatic carbocycles. The standard InChI is InChI=1S/C30H33F3N4O4/c31-30(32,33)20-6-4-19(5-7-20)16-36-15-14-29(41,28(18-36)12-2-1-3-13-28)24-10-8-21-22(34-24)17-37(27(21)40)23-9-11-25(38)35-26(23)39/h4-8,10,23,41H,1-3,9,11-18H2,(H,35,38,39). The minimum atomic E-state index is -4.38. The fourth-order valence-corrected chi connectivity index (χ4v) is 7.28. The highest BCUT2D eigenvalue weighted by Gasteiger charge is 2.56. The van der Waals surface area contributed by atoms with Gasteiger partial charge in [-0.25, -0.2) is 0 Å². The van der Waals surface area contributed by atoms with Crippen molar-refractivity contribution in [2.45, 2.75) is 82.3 Å². The molecule has 4 aliphatic rings. The van der Waals surface area contributed by atoms with Gasteiger partial charge in [0.25, 0.3) is 5.91 Å². The van der Waals surface area contributed by atoms with Crippen LogP contribution in [0.2, 0.25) is 0 Å². The molecule has 1 spiro atoms. The number of halogens is 3. The van der Waals surface area contributed by atoms with Gasteiger partial charge in [-0.05, 0) is 55.5 Å². The molecular formula is C30H33F3N4O4. The number of hydrogen-bond donors (Lipinski definition) is 2. The number of benzene rings is 1. The number of alkyl halides is 3. The quantitative estimate of drug-likeness (QED) is 0.541. The number of carbonyl (C=O) groups is 3. The topological polar surface area (TPSA) is 103 Å². The lowest BCUT2D eigenvalue weighted by Crippen LogP contribution is -2.59. The van der Waals surface area contributed by atoms with E-state index in [2.05, 4.69) is 10.2 Å². The van der Waals surface area contributed by atoms with E-state index < -0.39 is 34.7 Å². The molecule has 3 fully saturated rings. The molecule has 2 saturated heterocycles. The van der Waals surface area contributed by atoms with Crippen molar-refractivity contribution in [2.24, 2.45) is 5.41 Å². The fourth-order valence-electron chi connectivity index (χ4n) is 7.28. The van der Waals surface area contributed by atoms with Crippen LogP contribution in [-0.2, 0) is 34.5 Å². The Labute approximate surface area is 235 Å². The number of nitrogens with one attached hydrogen (secondary N) is 1. The van der Waals surface area contributed by atoms with Gasteiger partial charge in [-0.3, -0.25) is 29.6 Å². The molecule has 3 aliphatic heterocycles. The predicted octanol–water partition coefficient (Wildman–Crippen LogP) is 3.91. The van der Waals surface area contributed by atoms with Crippen LogP contribution in [0.15, 0.2) is 36.4 Å². The number of likely N-dealkylation sites (tertiary alicyclic amines) is 1. The molecule has 0 bridgehead atoms. The van der Waals surface area contributed by atoms with Gasteiger partial charge in [0.15, 0.2) is 0 Å². The van der Waals surface area contributed by atoms with Crippen LogP contribution in [0.5, 0.6) is 0 Å². The number of imide groups is 1.